The maximum absolute atomic E-state index is 12.4. The first-order valence-electron chi connectivity index (χ1n) is 11.2. The molecular formula is C23H35NO4. The summed E-state index contributed by atoms with van der Waals surface area (Å²) < 4.78 is 0. The first kappa shape index (κ1) is 20.9. The van der Waals surface area contributed by atoms with Crippen molar-refractivity contribution in [3.63, 3.8) is 0 Å². The largest absolute Gasteiger partial charge is 0.478 e. The molecule has 0 atom stereocenters. The van der Waals surface area contributed by atoms with Gasteiger partial charge in [-0.2, -0.15) is 0 Å². The van der Waals surface area contributed by atoms with Crippen molar-refractivity contribution in [1.29, 1.82) is 0 Å². The van der Waals surface area contributed by atoms with Gasteiger partial charge in [-0.05, 0) is 50.9 Å². The molecule has 0 unspecified atom stereocenters. The molecule has 28 heavy (non-hydrogen) atoms. The third kappa shape index (κ3) is 3.85. The predicted octanol–water partition coefficient (Wildman–Crippen LogP) is 5.19. The molecule has 0 aromatic rings. The second-order valence-electron chi connectivity index (χ2n) is 8.58. The quantitative estimate of drug-likeness (QED) is 0.654. The first-order valence-corrected chi connectivity index (χ1v) is 11.2. The van der Waals surface area contributed by atoms with Crippen molar-refractivity contribution in [2.75, 3.05) is 6.54 Å². The van der Waals surface area contributed by atoms with E-state index >= 15 is 0 Å². The average molecular weight is 390 g/mol. The van der Waals surface area contributed by atoms with E-state index in [-0.39, 0.29) is 11.8 Å². The van der Waals surface area contributed by atoms with Crippen LogP contribution in [-0.4, -0.2) is 33.6 Å². The standard InChI is InChI=1S/C23H35NO4/c1-3-17-18(22(25)26)20(15-11-7-5-8-12-15)24(4-2)21(19(17)23(27)28)16-13-9-6-10-14-16/h15-17H,3-14H2,1-2H3,(H,25,26)(H,27,28). The third-order valence-electron chi connectivity index (χ3n) is 7.00. The Morgan fingerprint density at radius 1 is 0.786 bits per heavy atom. The van der Waals surface area contributed by atoms with Gasteiger partial charge in [0.05, 0.1) is 11.1 Å². The summed E-state index contributed by atoms with van der Waals surface area (Å²) in [5.74, 6) is -1.91. The van der Waals surface area contributed by atoms with Crippen LogP contribution in [0.1, 0.15) is 84.5 Å². The minimum absolute atomic E-state index is 0.239. The number of carboxylic acid groups (broad SMARTS) is 2. The van der Waals surface area contributed by atoms with Gasteiger partial charge in [0.1, 0.15) is 0 Å². The molecule has 0 bridgehead atoms. The summed E-state index contributed by atoms with van der Waals surface area (Å²) in [6, 6.07) is 0. The Morgan fingerprint density at radius 3 is 1.46 bits per heavy atom. The zero-order valence-corrected chi connectivity index (χ0v) is 17.4. The molecule has 3 rings (SSSR count). The second kappa shape index (κ2) is 9.15. The van der Waals surface area contributed by atoms with E-state index in [9.17, 15) is 19.8 Å². The maximum Gasteiger partial charge on any atom is 0.333 e. The van der Waals surface area contributed by atoms with Crippen LogP contribution < -0.4 is 0 Å². The Balaban J connectivity index is 2.18. The van der Waals surface area contributed by atoms with Crippen LogP contribution in [0.15, 0.2) is 22.5 Å². The SMILES string of the molecule is CCC1C(C(=O)O)=C(C2CCCCC2)N(CC)C(C2CCCCC2)=C1C(=O)O. The Hall–Kier alpha value is -1.78. The van der Waals surface area contributed by atoms with Gasteiger partial charge < -0.3 is 15.1 Å². The molecule has 0 radical (unpaired) electrons. The highest BCUT2D eigenvalue weighted by Crippen LogP contribution is 2.47. The highest BCUT2D eigenvalue weighted by molar-refractivity contribution is 5.96. The highest BCUT2D eigenvalue weighted by Gasteiger charge is 2.43. The number of carboxylic acids is 2. The molecule has 0 amide bonds. The van der Waals surface area contributed by atoms with E-state index in [1.807, 2.05) is 13.8 Å². The number of carbonyl (C=O) groups is 2. The normalized spacial score (nSPS) is 23.4. The number of rotatable bonds is 6. The van der Waals surface area contributed by atoms with Crippen molar-refractivity contribution in [2.45, 2.75) is 84.5 Å². The summed E-state index contributed by atoms with van der Waals surface area (Å²) in [7, 11) is 0. The van der Waals surface area contributed by atoms with Crippen molar-refractivity contribution in [2.24, 2.45) is 17.8 Å². The molecule has 0 aromatic carbocycles. The fraction of sp³-hybridized carbons (Fsp3) is 0.739. The summed E-state index contributed by atoms with van der Waals surface area (Å²) in [6.45, 7) is 4.60. The summed E-state index contributed by atoms with van der Waals surface area (Å²) >= 11 is 0. The highest BCUT2D eigenvalue weighted by atomic mass is 16.4. The molecule has 3 aliphatic rings. The number of nitrogens with zero attached hydrogens (tertiary/aromatic N) is 1. The molecule has 0 aromatic heterocycles. The van der Waals surface area contributed by atoms with Gasteiger partial charge in [0, 0.05) is 23.9 Å². The lowest BCUT2D eigenvalue weighted by Gasteiger charge is -2.45. The van der Waals surface area contributed by atoms with Crippen molar-refractivity contribution < 1.29 is 19.8 Å². The fourth-order valence-corrected chi connectivity index (χ4v) is 5.82. The van der Waals surface area contributed by atoms with Crippen molar-refractivity contribution in [1.82, 2.24) is 4.90 Å². The van der Waals surface area contributed by atoms with Gasteiger partial charge in [0.25, 0.3) is 0 Å². The van der Waals surface area contributed by atoms with Crippen LogP contribution in [0.5, 0.6) is 0 Å². The summed E-state index contributed by atoms with van der Waals surface area (Å²) in [5, 5.41) is 20.3. The van der Waals surface area contributed by atoms with Crippen LogP contribution in [0.3, 0.4) is 0 Å². The summed E-state index contributed by atoms with van der Waals surface area (Å²) in [6.07, 6.45) is 11.5. The van der Waals surface area contributed by atoms with Crippen LogP contribution in [0.2, 0.25) is 0 Å². The zero-order valence-electron chi connectivity index (χ0n) is 17.4. The van der Waals surface area contributed by atoms with Gasteiger partial charge in [-0.3, -0.25) is 0 Å². The Kier molecular flexibility index (Phi) is 6.84. The molecule has 2 aliphatic carbocycles. The van der Waals surface area contributed by atoms with Gasteiger partial charge >= 0.3 is 11.9 Å². The third-order valence-corrected chi connectivity index (χ3v) is 7.00. The van der Waals surface area contributed by atoms with Crippen LogP contribution >= 0.6 is 0 Å². The van der Waals surface area contributed by atoms with Gasteiger partial charge in [-0.25, -0.2) is 9.59 Å². The van der Waals surface area contributed by atoms with E-state index in [0.29, 0.717) is 24.1 Å². The molecule has 2 saturated carbocycles. The van der Waals surface area contributed by atoms with Gasteiger partial charge in [0.2, 0.25) is 0 Å². The van der Waals surface area contributed by atoms with Crippen molar-refractivity contribution in [3.05, 3.63) is 22.5 Å². The average Bonchev–Trinajstić information content (AvgIpc) is 2.72. The van der Waals surface area contributed by atoms with E-state index in [2.05, 4.69) is 4.90 Å². The van der Waals surface area contributed by atoms with Crippen molar-refractivity contribution in [3.8, 4) is 0 Å². The van der Waals surface area contributed by atoms with Gasteiger partial charge in [0.15, 0.2) is 0 Å². The van der Waals surface area contributed by atoms with E-state index in [1.165, 1.54) is 12.8 Å². The molecule has 5 nitrogen and oxygen atoms in total. The number of hydrogen-bond donors (Lipinski definition) is 2. The Morgan fingerprint density at radius 2 is 1.18 bits per heavy atom. The molecule has 1 heterocycles. The number of aliphatic carboxylic acids is 2. The summed E-state index contributed by atoms with van der Waals surface area (Å²) in [5.41, 5.74) is 2.58. The summed E-state index contributed by atoms with van der Waals surface area (Å²) in [4.78, 5) is 26.9. The number of hydrogen-bond acceptors (Lipinski definition) is 3. The zero-order chi connectivity index (χ0) is 20.3. The smallest absolute Gasteiger partial charge is 0.333 e. The minimum atomic E-state index is -0.938. The Labute approximate surface area is 168 Å². The van der Waals surface area contributed by atoms with E-state index in [4.69, 9.17) is 0 Å². The molecule has 2 fully saturated rings. The molecule has 5 heteroatoms. The van der Waals surface area contributed by atoms with E-state index in [1.54, 1.807) is 0 Å². The monoisotopic (exact) mass is 389 g/mol. The Bertz CT molecular complexity index is 612. The van der Waals surface area contributed by atoms with Crippen LogP contribution in [0.25, 0.3) is 0 Å². The molecule has 0 saturated heterocycles. The van der Waals surface area contributed by atoms with Crippen molar-refractivity contribution >= 4 is 11.9 Å². The molecule has 1 aliphatic heterocycles. The molecular weight excluding hydrogens is 354 g/mol. The lowest BCUT2D eigenvalue weighted by atomic mass is 9.73. The second-order valence-corrected chi connectivity index (χ2v) is 8.58. The van der Waals surface area contributed by atoms with Gasteiger partial charge in [-0.15, -0.1) is 0 Å². The molecule has 2 N–H and O–H groups in total. The molecule has 156 valence electrons. The van der Waals surface area contributed by atoms with Gasteiger partial charge in [-0.1, -0.05) is 45.4 Å². The van der Waals surface area contributed by atoms with Crippen LogP contribution in [-0.2, 0) is 9.59 Å². The fourth-order valence-electron chi connectivity index (χ4n) is 5.82. The van der Waals surface area contributed by atoms with Crippen LogP contribution in [0, 0.1) is 17.8 Å². The van der Waals surface area contributed by atoms with E-state index in [0.717, 1.165) is 62.8 Å². The first-order chi connectivity index (χ1) is 13.5. The lowest BCUT2D eigenvalue weighted by molar-refractivity contribution is -0.134. The minimum Gasteiger partial charge on any atom is -0.478 e. The maximum atomic E-state index is 12.4. The van der Waals surface area contributed by atoms with Crippen LogP contribution in [0.4, 0.5) is 0 Å². The molecule has 0 spiro atoms. The topological polar surface area (TPSA) is 77.8 Å². The van der Waals surface area contributed by atoms with E-state index < -0.39 is 17.9 Å². The predicted molar refractivity (Wildman–Crippen MR) is 109 cm³/mol. The lowest BCUT2D eigenvalue weighted by Crippen LogP contribution is -2.42. The number of allylic oxidation sites excluding steroid dienone is 2.